The Labute approximate surface area is 106 Å². The Bertz CT molecular complexity index is 306. The molecule has 0 amide bonds. The lowest BCUT2D eigenvalue weighted by Gasteiger charge is -2.30. The van der Waals surface area contributed by atoms with Crippen molar-refractivity contribution in [2.75, 3.05) is 6.54 Å². The SMILES string of the molecule is CCCNC1CCC(NS(=O)(=O)C(C)C)CC1. The fourth-order valence-corrected chi connectivity index (χ4v) is 3.10. The lowest BCUT2D eigenvalue weighted by molar-refractivity contribution is 0.329. The van der Waals surface area contributed by atoms with E-state index in [2.05, 4.69) is 17.0 Å². The number of hydrogen-bond donors (Lipinski definition) is 2. The molecule has 4 nitrogen and oxygen atoms in total. The summed E-state index contributed by atoms with van der Waals surface area (Å²) in [4.78, 5) is 0. The van der Waals surface area contributed by atoms with Crippen molar-refractivity contribution in [3.05, 3.63) is 0 Å². The number of nitrogens with one attached hydrogen (secondary N) is 2. The predicted octanol–water partition coefficient (Wildman–Crippen LogP) is 1.62. The first kappa shape index (κ1) is 14.9. The molecule has 0 aliphatic heterocycles. The van der Waals surface area contributed by atoms with Gasteiger partial charge in [-0.3, -0.25) is 0 Å². The van der Waals surface area contributed by atoms with Crippen LogP contribution < -0.4 is 10.0 Å². The van der Waals surface area contributed by atoms with Gasteiger partial charge in [-0.15, -0.1) is 0 Å². The molecule has 2 N–H and O–H groups in total. The van der Waals surface area contributed by atoms with Crippen LogP contribution in [0.25, 0.3) is 0 Å². The highest BCUT2D eigenvalue weighted by molar-refractivity contribution is 7.90. The van der Waals surface area contributed by atoms with E-state index in [1.54, 1.807) is 13.8 Å². The van der Waals surface area contributed by atoms with Crippen LogP contribution in [0.4, 0.5) is 0 Å². The Balaban J connectivity index is 2.33. The van der Waals surface area contributed by atoms with Gasteiger partial charge in [0.1, 0.15) is 0 Å². The van der Waals surface area contributed by atoms with Crippen molar-refractivity contribution in [2.24, 2.45) is 0 Å². The zero-order valence-corrected chi connectivity index (χ0v) is 12.0. The third-order valence-electron chi connectivity index (χ3n) is 3.36. The largest absolute Gasteiger partial charge is 0.314 e. The van der Waals surface area contributed by atoms with Gasteiger partial charge in [0.15, 0.2) is 0 Å². The highest BCUT2D eigenvalue weighted by Crippen LogP contribution is 2.19. The minimum atomic E-state index is -3.10. The summed E-state index contributed by atoms with van der Waals surface area (Å²) in [6.07, 6.45) is 5.21. The zero-order valence-electron chi connectivity index (χ0n) is 11.2. The second kappa shape index (κ2) is 6.71. The van der Waals surface area contributed by atoms with Crippen LogP contribution in [-0.2, 0) is 10.0 Å². The van der Waals surface area contributed by atoms with Gasteiger partial charge in [0.2, 0.25) is 10.0 Å². The van der Waals surface area contributed by atoms with Crippen LogP contribution in [0, 0.1) is 0 Å². The van der Waals surface area contributed by atoms with Crippen LogP contribution in [0.1, 0.15) is 52.9 Å². The fourth-order valence-electron chi connectivity index (χ4n) is 2.13. The molecular weight excluding hydrogens is 236 g/mol. The molecule has 0 saturated heterocycles. The number of sulfonamides is 1. The second-order valence-electron chi connectivity index (χ2n) is 5.21. The summed E-state index contributed by atoms with van der Waals surface area (Å²) in [5.41, 5.74) is 0. The fraction of sp³-hybridized carbons (Fsp3) is 1.00. The molecule has 0 bridgehead atoms. The van der Waals surface area contributed by atoms with Crippen molar-refractivity contribution in [1.82, 2.24) is 10.0 Å². The maximum absolute atomic E-state index is 11.7. The summed E-state index contributed by atoms with van der Waals surface area (Å²) in [6, 6.07) is 0.719. The van der Waals surface area contributed by atoms with Crippen molar-refractivity contribution >= 4 is 10.0 Å². The molecular formula is C12H26N2O2S. The van der Waals surface area contributed by atoms with Crippen LogP contribution in [0.3, 0.4) is 0 Å². The van der Waals surface area contributed by atoms with E-state index in [1.165, 1.54) is 0 Å². The second-order valence-corrected chi connectivity index (χ2v) is 7.48. The monoisotopic (exact) mass is 262 g/mol. The van der Waals surface area contributed by atoms with E-state index in [0.29, 0.717) is 6.04 Å². The summed E-state index contributed by atoms with van der Waals surface area (Å²) in [7, 11) is -3.10. The van der Waals surface area contributed by atoms with Gasteiger partial charge in [0.05, 0.1) is 5.25 Å². The van der Waals surface area contributed by atoms with Crippen LogP contribution in [0.2, 0.25) is 0 Å². The standard InChI is InChI=1S/C12H26N2O2S/c1-4-9-13-11-5-7-12(8-6-11)14-17(15,16)10(2)3/h10-14H,4-9H2,1-3H3. The molecule has 1 saturated carbocycles. The summed E-state index contributed by atoms with van der Waals surface area (Å²) in [5, 5.41) is 3.17. The van der Waals surface area contributed by atoms with Gasteiger partial charge < -0.3 is 5.32 Å². The van der Waals surface area contributed by atoms with Crippen LogP contribution in [0.5, 0.6) is 0 Å². The van der Waals surface area contributed by atoms with E-state index in [-0.39, 0.29) is 11.3 Å². The summed E-state index contributed by atoms with van der Waals surface area (Å²) in [5.74, 6) is 0. The molecule has 0 aromatic rings. The normalized spacial score (nSPS) is 26.4. The average molecular weight is 262 g/mol. The third kappa shape index (κ3) is 4.94. The molecule has 0 atom stereocenters. The Kier molecular flexibility index (Phi) is 5.89. The van der Waals surface area contributed by atoms with Crippen LogP contribution in [-0.4, -0.2) is 32.3 Å². The van der Waals surface area contributed by atoms with Gasteiger partial charge in [-0.05, 0) is 52.5 Å². The molecule has 5 heteroatoms. The van der Waals surface area contributed by atoms with Crippen molar-refractivity contribution in [3.63, 3.8) is 0 Å². The Hall–Kier alpha value is -0.130. The molecule has 1 rings (SSSR count). The van der Waals surface area contributed by atoms with Gasteiger partial charge in [0, 0.05) is 12.1 Å². The molecule has 17 heavy (non-hydrogen) atoms. The van der Waals surface area contributed by atoms with E-state index in [9.17, 15) is 8.42 Å². The summed E-state index contributed by atoms with van der Waals surface area (Å²) in [6.45, 7) is 6.66. The molecule has 0 aromatic heterocycles. The van der Waals surface area contributed by atoms with Crippen LogP contribution >= 0.6 is 0 Å². The highest BCUT2D eigenvalue weighted by Gasteiger charge is 2.25. The van der Waals surface area contributed by atoms with E-state index < -0.39 is 10.0 Å². The van der Waals surface area contributed by atoms with Gasteiger partial charge in [-0.2, -0.15) is 0 Å². The summed E-state index contributed by atoms with van der Waals surface area (Å²) >= 11 is 0. The van der Waals surface area contributed by atoms with Crippen molar-refractivity contribution in [1.29, 1.82) is 0 Å². The highest BCUT2D eigenvalue weighted by atomic mass is 32.2. The molecule has 1 aliphatic carbocycles. The minimum absolute atomic E-state index is 0.141. The van der Waals surface area contributed by atoms with Crippen LogP contribution in [0.15, 0.2) is 0 Å². The topological polar surface area (TPSA) is 58.2 Å². The lowest BCUT2D eigenvalue weighted by Crippen LogP contribution is -2.44. The van der Waals surface area contributed by atoms with Gasteiger partial charge in [0.25, 0.3) is 0 Å². The lowest BCUT2D eigenvalue weighted by atomic mass is 9.92. The molecule has 0 spiro atoms. The van der Waals surface area contributed by atoms with E-state index in [1.807, 2.05) is 0 Å². The van der Waals surface area contributed by atoms with E-state index in [4.69, 9.17) is 0 Å². The molecule has 1 aliphatic rings. The molecule has 0 heterocycles. The maximum atomic E-state index is 11.7. The average Bonchev–Trinajstić information content (AvgIpc) is 2.27. The van der Waals surface area contributed by atoms with Gasteiger partial charge in [-0.25, -0.2) is 13.1 Å². The number of rotatable bonds is 6. The number of hydrogen-bond acceptors (Lipinski definition) is 3. The predicted molar refractivity (Wildman–Crippen MR) is 71.5 cm³/mol. The Morgan fingerprint density at radius 1 is 1.12 bits per heavy atom. The van der Waals surface area contributed by atoms with E-state index >= 15 is 0 Å². The molecule has 0 aromatic carbocycles. The minimum Gasteiger partial charge on any atom is -0.314 e. The molecule has 1 fully saturated rings. The quantitative estimate of drug-likeness (QED) is 0.765. The Morgan fingerprint density at radius 3 is 2.12 bits per heavy atom. The van der Waals surface area contributed by atoms with Gasteiger partial charge in [-0.1, -0.05) is 6.92 Å². The van der Waals surface area contributed by atoms with E-state index in [0.717, 1.165) is 38.6 Å². The third-order valence-corrected chi connectivity index (χ3v) is 5.26. The zero-order chi connectivity index (χ0) is 12.9. The first-order chi connectivity index (χ1) is 7.95. The van der Waals surface area contributed by atoms with Gasteiger partial charge >= 0.3 is 0 Å². The maximum Gasteiger partial charge on any atom is 0.214 e. The first-order valence-corrected chi connectivity index (χ1v) is 8.25. The molecule has 0 unspecified atom stereocenters. The molecule has 102 valence electrons. The first-order valence-electron chi connectivity index (χ1n) is 6.70. The van der Waals surface area contributed by atoms with Crippen molar-refractivity contribution < 1.29 is 8.42 Å². The smallest absolute Gasteiger partial charge is 0.214 e. The van der Waals surface area contributed by atoms with Crippen molar-refractivity contribution in [3.8, 4) is 0 Å². The molecule has 0 radical (unpaired) electrons. The van der Waals surface area contributed by atoms with Crippen molar-refractivity contribution in [2.45, 2.75) is 70.2 Å². The Morgan fingerprint density at radius 2 is 1.65 bits per heavy atom. The summed E-state index contributed by atoms with van der Waals surface area (Å²) < 4.78 is 26.3.